The van der Waals surface area contributed by atoms with Crippen molar-refractivity contribution in [3.63, 3.8) is 0 Å². The van der Waals surface area contributed by atoms with Crippen LogP contribution >= 0.6 is 63.7 Å². The molecule has 0 atom stereocenters. The maximum absolute atomic E-state index is 9.25. The van der Waals surface area contributed by atoms with Crippen LogP contribution in [0.25, 0.3) is 0 Å². The van der Waals surface area contributed by atoms with Crippen LogP contribution in [-0.2, 0) is 21.7 Å². The number of hydrogen-bond acceptors (Lipinski definition) is 4. The Bertz CT molecular complexity index is 53.5. The quantitative estimate of drug-likeness (QED) is 0.335. The first-order chi connectivity index (χ1) is 7.66. The molecule has 0 aromatic carbocycles. The minimum Gasteiger partial charge on any atom is -0.854 e. The fraction of sp³-hybridized carbons (Fsp3) is 1.00. The van der Waals surface area contributed by atoms with Gasteiger partial charge >= 0.3 is 21.7 Å². The molecule has 0 rings (SSSR count). The Kier molecular flexibility index (Phi) is 96.0. The summed E-state index contributed by atoms with van der Waals surface area (Å²) in [5.41, 5.74) is 0. The first-order valence-electron chi connectivity index (χ1n) is 4.22. The third-order valence-corrected chi connectivity index (χ3v) is 1.60. The van der Waals surface area contributed by atoms with E-state index in [4.69, 9.17) is 0 Å². The number of rotatable bonds is 4. The van der Waals surface area contributed by atoms with Crippen molar-refractivity contribution in [1.82, 2.24) is 0 Å². The zero-order chi connectivity index (χ0) is 13.7. The monoisotopic (exact) mass is 540 g/mol. The summed E-state index contributed by atoms with van der Waals surface area (Å²) >= 11 is 11.7. The van der Waals surface area contributed by atoms with Crippen LogP contribution in [0.15, 0.2) is 0 Å². The van der Waals surface area contributed by atoms with Crippen LogP contribution in [0.3, 0.4) is 0 Å². The van der Waals surface area contributed by atoms with E-state index in [1.165, 1.54) is 0 Å². The van der Waals surface area contributed by atoms with E-state index in [1.54, 1.807) is 0 Å². The van der Waals surface area contributed by atoms with Gasteiger partial charge in [-0.25, -0.2) is 0 Å². The van der Waals surface area contributed by atoms with Crippen LogP contribution < -0.4 is 20.4 Å². The van der Waals surface area contributed by atoms with Crippen LogP contribution in [0.4, 0.5) is 0 Å². The average Bonchev–Trinajstić information content (AvgIpc) is 2.39. The first-order valence-corrected chi connectivity index (χ1v) is 8.71. The normalized spacial score (nSPS) is 7.06. The Hall–Kier alpha value is 2.47. The molecule has 0 heterocycles. The summed E-state index contributed by atoms with van der Waals surface area (Å²) in [5, 5.41) is 39.3. The first kappa shape index (κ1) is 31.7. The predicted octanol–water partition coefficient (Wildman–Crippen LogP) is -1.04. The van der Waals surface area contributed by atoms with Gasteiger partial charge in [0.05, 0.1) is 0 Å². The van der Waals surface area contributed by atoms with Crippen molar-refractivity contribution in [1.29, 1.82) is 0 Å². The average molecular weight is 544 g/mol. The van der Waals surface area contributed by atoms with Crippen LogP contribution in [0.1, 0.15) is 0 Å². The third kappa shape index (κ3) is 120. The van der Waals surface area contributed by atoms with Crippen LogP contribution in [0.5, 0.6) is 0 Å². The van der Waals surface area contributed by atoms with Crippen molar-refractivity contribution in [2.75, 3.05) is 47.7 Å². The number of hydrogen-bond donors (Lipinski definition) is 0. The molecule has 0 bridgehead atoms. The molecule has 0 aliphatic heterocycles. The Labute approximate surface area is 152 Å². The molecule has 0 saturated heterocycles. The second-order valence-corrected chi connectivity index (χ2v) is 4.74. The molecule has 9 heteroatoms. The van der Waals surface area contributed by atoms with Crippen molar-refractivity contribution in [3.05, 3.63) is 0 Å². The summed E-state index contributed by atoms with van der Waals surface area (Å²) < 4.78 is 0. The van der Waals surface area contributed by atoms with E-state index in [0.717, 1.165) is 0 Å². The van der Waals surface area contributed by atoms with Crippen molar-refractivity contribution in [2.45, 2.75) is 0 Å². The summed E-state index contributed by atoms with van der Waals surface area (Å²) in [4.78, 5) is 0. The molecule has 0 saturated carbocycles. The van der Waals surface area contributed by atoms with Gasteiger partial charge in [0.2, 0.25) is 0 Å². The van der Waals surface area contributed by atoms with Gasteiger partial charge in [-0.15, -0.1) is 26.4 Å². The van der Waals surface area contributed by atoms with E-state index in [2.05, 4.69) is 63.7 Å². The zero-order valence-electron chi connectivity index (χ0n) is 9.30. The smallest absolute Gasteiger partial charge is 0.854 e. The molecule has 0 radical (unpaired) electrons. The zero-order valence-corrected chi connectivity index (χ0v) is 17.2. The number of alkyl halides is 4. The van der Waals surface area contributed by atoms with Gasteiger partial charge < -0.3 is 20.4 Å². The van der Waals surface area contributed by atoms with Gasteiger partial charge in [0.15, 0.2) is 0 Å². The molecular weight excluding hydrogens is 528 g/mol. The van der Waals surface area contributed by atoms with Crippen LogP contribution in [0, 0.1) is 0 Å². The van der Waals surface area contributed by atoms with Crippen molar-refractivity contribution >= 4 is 63.7 Å². The largest absolute Gasteiger partial charge is 4.00 e. The second kappa shape index (κ2) is 51.4. The predicted molar refractivity (Wildman–Crippen MR) is 74.6 cm³/mol. The maximum Gasteiger partial charge on any atom is 4.00 e. The molecule has 0 aliphatic rings. The van der Waals surface area contributed by atoms with Gasteiger partial charge in [-0.05, 0) is 21.3 Å². The summed E-state index contributed by atoms with van der Waals surface area (Å²) in [6.07, 6.45) is 0. The molecule has 0 N–H and O–H groups in total. The van der Waals surface area contributed by atoms with Gasteiger partial charge in [-0.1, -0.05) is 63.7 Å². The molecule has 0 aromatic heterocycles. The molecule has 0 aromatic rings. The van der Waals surface area contributed by atoms with E-state index < -0.39 is 0 Å². The second-order valence-electron chi connectivity index (χ2n) is 1.57. The summed E-state index contributed by atoms with van der Waals surface area (Å²) in [5.74, 6) is 0. The van der Waals surface area contributed by atoms with E-state index in [-0.39, 0.29) is 48.1 Å². The van der Waals surface area contributed by atoms with Gasteiger partial charge in [-0.2, -0.15) is 0 Å². The third-order valence-electron chi connectivity index (χ3n) is 0.309. The Morgan fingerprint density at radius 2 is 0.529 bits per heavy atom. The van der Waals surface area contributed by atoms with Crippen molar-refractivity contribution < 1.29 is 42.1 Å². The number of halogens is 4. The minimum absolute atomic E-state index is 0. The van der Waals surface area contributed by atoms with Gasteiger partial charge in [-0.3, -0.25) is 0 Å². The topological polar surface area (TPSA) is 92.2 Å². The van der Waals surface area contributed by atoms with Crippen LogP contribution in [-0.4, -0.2) is 47.7 Å². The molecule has 0 fully saturated rings. The van der Waals surface area contributed by atoms with Crippen molar-refractivity contribution in [3.8, 4) is 0 Å². The van der Waals surface area contributed by atoms with E-state index in [0.29, 0.717) is 21.3 Å². The summed E-state index contributed by atoms with van der Waals surface area (Å²) in [7, 11) is 0. The van der Waals surface area contributed by atoms with Crippen LogP contribution in [0.2, 0.25) is 0 Å². The Balaban J connectivity index is -0.0000000369. The molecule has 0 amide bonds. The Morgan fingerprint density at radius 3 is 0.529 bits per heavy atom. The SMILES string of the molecule is [O-]CCBr.[O-]CCBr.[O-]CCBr.[O-]CCBr.[Ti+4]. The Morgan fingerprint density at radius 1 is 0.471 bits per heavy atom. The molecule has 17 heavy (non-hydrogen) atoms. The van der Waals surface area contributed by atoms with Gasteiger partial charge in [0.1, 0.15) is 0 Å². The fourth-order valence-corrected chi connectivity index (χ4v) is 0. The van der Waals surface area contributed by atoms with Gasteiger partial charge in [0, 0.05) is 0 Å². The molecule has 4 nitrogen and oxygen atoms in total. The maximum atomic E-state index is 9.25. The van der Waals surface area contributed by atoms with Gasteiger partial charge in [0.25, 0.3) is 0 Å². The van der Waals surface area contributed by atoms with E-state index in [9.17, 15) is 20.4 Å². The molecule has 0 aliphatic carbocycles. The summed E-state index contributed by atoms with van der Waals surface area (Å²) in [6.45, 7) is -0.0556. The van der Waals surface area contributed by atoms with E-state index in [1.807, 2.05) is 0 Å². The fourth-order valence-electron chi connectivity index (χ4n) is 0. The molecule has 104 valence electrons. The molecular formula is C8H16Br4O4Ti. The van der Waals surface area contributed by atoms with Crippen molar-refractivity contribution in [2.24, 2.45) is 0 Å². The summed E-state index contributed by atoms with van der Waals surface area (Å²) in [6, 6.07) is 0. The molecule has 0 unspecified atom stereocenters. The molecule has 0 spiro atoms. The van der Waals surface area contributed by atoms with E-state index >= 15 is 0 Å². The minimum atomic E-state index is -0.0139. The standard InChI is InChI=1S/4C2H4BrO.Ti/c4*3-1-2-4;/h4*1-2H2;/q4*-1;+4.